The zero-order valence-corrected chi connectivity index (χ0v) is 16.6. The molecule has 27 heavy (non-hydrogen) atoms. The maximum absolute atomic E-state index is 13.0. The molecule has 1 saturated heterocycles. The fraction of sp³-hybridized carbons (Fsp3) is 0.368. The number of hydrogen-bond acceptors (Lipinski definition) is 5. The summed E-state index contributed by atoms with van der Waals surface area (Å²) in [6.07, 6.45) is 4.16. The van der Waals surface area contributed by atoms with Gasteiger partial charge in [-0.3, -0.25) is 4.79 Å². The van der Waals surface area contributed by atoms with E-state index in [2.05, 4.69) is 4.98 Å². The molecule has 0 bridgehead atoms. The van der Waals surface area contributed by atoms with E-state index in [1.165, 1.54) is 52.6 Å². The molecule has 0 amide bonds. The predicted molar refractivity (Wildman–Crippen MR) is 103 cm³/mol. The van der Waals surface area contributed by atoms with Gasteiger partial charge in [0.2, 0.25) is 10.0 Å². The molecular weight excluding hydrogens is 387 g/mol. The van der Waals surface area contributed by atoms with Crippen LogP contribution in [0.15, 0.2) is 52.5 Å². The summed E-state index contributed by atoms with van der Waals surface area (Å²) in [6, 6.07) is 8.57. The number of piperidine rings is 1. The number of sulfonamides is 1. The standard InChI is InChI=1S/C19H21FN2O3S2/c1-14(19(23)15-5-7-16(20)8-6-15)26-18-10-9-17(13-21-18)27(24,25)22-11-3-2-4-12-22/h5-10,13-14H,2-4,11-12H2,1H3. The quantitative estimate of drug-likeness (QED) is 0.538. The highest BCUT2D eigenvalue weighted by atomic mass is 32.2. The van der Waals surface area contributed by atoms with Crippen LogP contribution in [-0.2, 0) is 10.0 Å². The first-order valence-corrected chi connectivity index (χ1v) is 11.1. The Hall–Kier alpha value is -1.77. The average Bonchev–Trinajstić information content (AvgIpc) is 2.69. The molecule has 1 aromatic heterocycles. The number of carbonyl (C=O) groups excluding carboxylic acids is 1. The summed E-state index contributed by atoms with van der Waals surface area (Å²) in [5, 5.41) is 0.142. The van der Waals surface area contributed by atoms with Crippen molar-refractivity contribution in [3.05, 3.63) is 54.0 Å². The van der Waals surface area contributed by atoms with Gasteiger partial charge in [0, 0.05) is 24.8 Å². The van der Waals surface area contributed by atoms with Gasteiger partial charge in [-0.25, -0.2) is 17.8 Å². The van der Waals surface area contributed by atoms with E-state index in [4.69, 9.17) is 0 Å². The Balaban J connectivity index is 1.68. The molecule has 1 aromatic carbocycles. The van der Waals surface area contributed by atoms with Crippen molar-refractivity contribution in [2.45, 2.75) is 41.4 Å². The molecule has 2 heterocycles. The van der Waals surface area contributed by atoms with Gasteiger partial charge in [0.15, 0.2) is 5.78 Å². The second kappa shape index (κ2) is 8.50. The summed E-state index contributed by atoms with van der Waals surface area (Å²) in [5.74, 6) is -0.522. The van der Waals surface area contributed by atoms with E-state index in [1.54, 1.807) is 13.0 Å². The summed E-state index contributed by atoms with van der Waals surface area (Å²) in [7, 11) is -3.51. The van der Waals surface area contributed by atoms with Gasteiger partial charge in [-0.15, -0.1) is 0 Å². The minimum Gasteiger partial charge on any atom is -0.293 e. The first-order chi connectivity index (χ1) is 12.9. The number of rotatable bonds is 6. The van der Waals surface area contributed by atoms with Crippen LogP contribution in [0.2, 0.25) is 0 Å². The molecule has 0 N–H and O–H groups in total. The third-order valence-corrected chi connectivity index (χ3v) is 7.39. The number of aromatic nitrogens is 1. The van der Waals surface area contributed by atoms with Crippen molar-refractivity contribution in [2.24, 2.45) is 0 Å². The maximum atomic E-state index is 13.0. The number of pyridine rings is 1. The van der Waals surface area contributed by atoms with Crippen LogP contribution < -0.4 is 0 Å². The van der Waals surface area contributed by atoms with Gasteiger partial charge in [0.05, 0.1) is 10.3 Å². The number of hydrogen-bond donors (Lipinski definition) is 0. The molecule has 5 nitrogen and oxygen atoms in total. The lowest BCUT2D eigenvalue weighted by molar-refractivity contribution is 0.0994. The summed E-state index contributed by atoms with van der Waals surface area (Å²) in [4.78, 5) is 16.8. The van der Waals surface area contributed by atoms with Crippen molar-refractivity contribution in [2.75, 3.05) is 13.1 Å². The van der Waals surface area contributed by atoms with Gasteiger partial charge in [0.1, 0.15) is 10.7 Å². The van der Waals surface area contributed by atoms with Crippen molar-refractivity contribution >= 4 is 27.6 Å². The first-order valence-electron chi connectivity index (χ1n) is 8.80. The minimum atomic E-state index is -3.51. The predicted octanol–water partition coefficient (Wildman–Crippen LogP) is 3.76. The molecule has 2 aromatic rings. The molecule has 0 spiro atoms. The molecule has 1 aliphatic heterocycles. The minimum absolute atomic E-state index is 0.133. The molecule has 0 saturated carbocycles. The van der Waals surface area contributed by atoms with Crippen LogP contribution in [0.3, 0.4) is 0 Å². The van der Waals surface area contributed by atoms with E-state index in [1.807, 2.05) is 0 Å². The molecule has 1 fully saturated rings. The summed E-state index contributed by atoms with van der Waals surface area (Å²) < 4.78 is 39.8. The summed E-state index contributed by atoms with van der Waals surface area (Å²) in [6.45, 7) is 2.83. The second-order valence-electron chi connectivity index (χ2n) is 6.43. The van der Waals surface area contributed by atoms with E-state index in [0.29, 0.717) is 23.7 Å². The van der Waals surface area contributed by atoms with Crippen LogP contribution in [0.5, 0.6) is 0 Å². The number of Topliss-reactive ketones (excluding diaryl/α,β-unsaturated/α-hetero) is 1. The van der Waals surface area contributed by atoms with Crippen LogP contribution >= 0.6 is 11.8 Å². The van der Waals surface area contributed by atoms with Crippen LogP contribution in [-0.4, -0.2) is 41.8 Å². The van der Waals surface area contributed by atoms with Crippen molar-refractivity contribution in [3.63, 3.8) is 0 Å². The van der Waals surface area contributed by atoms with Gasteiger partial charge in [0.25, 0.3) is 0 Å². The lowest BCUT2D eigenvalue weighted by atomic mass is 10.1. The second-order valence-corrected chi connectivity index (χ2v) is 9.73. The van der Waals surface area contributed by atoms with Gasteiger partial charge in [-0.2, -0.15) is 4.31 Å². The normalized spacial score (nSPS) is 16.8. The highest BCUT2D eigenvalue weighted by molar-refractivity contribution is 8.00. The molecule has 0 radical (unpaired) electrons. The van der Waals surface area contributed by atoms with Gasteiger partial charge in [-0.05, 0) is 56.2 Å². The lowest BCUT2D eigenvalue weighted by Crippen LogP contribution is -2.35. The largest absolute Gasteiger partial charge is 0.293 e. The number of halogens is 1. The van der Waals surface area contributed by atoms with Gasteiger partial charge in [-0.1, -0.05) is 18.2 Å². The molecule has 8 heteroatoms. The van der Waals surface area contributed by atoms with E-state index in [-0.39, 0.29) is 16.5 Å². The summed E-state index contributed by atoms with van der Waals surface area (Å²) >= 11 is 1.24. The number of nitrogens with zero attached hydrogens (tertiary/aromatic N) is 2. The van der Waals surface area contributed by atoms with E-state index in [9.17, 15) is 17.6 Å². The average molecular weight is 409 g/mol. The lowest BCUT2D eigenvalue weighted by Gasteiger charge is -2.25. The van der Waals surface area contributed by atoms with Crippen LogP contribution in [0.4, 0.5) is 4.39 Å². The van der Waals surface area contributed by atoms with Gasteiger partial charge < -0.3 is 0 Å². The SMILES string of the molecule is CC(Sc1ccc(S(=O)(=O)N2CCCCC2)cn1)C(=O)c1ccc(F)cc1. The van der Waals surface area contributed by atoms with Crippen molar-refractivity contribution in [3.8, 4) is 0 Å². The van der Waals surface area contributed by atoms with E-state index < -0.39 is 15.3 Å². The third-order valence-electron chi connectivity index (χ3n) is 4.46. The molecule has 3 rings (SSSR count). The van der Waals surface area contributed by atoms with Gasteiger partial charge >= 0.3 is 0 Å². The fourth-order valence-electron chi connectivity index (χ4n) is 2.93. The van der Waals surface area contributed by atoms with Crippen molar-refractivity contribution in [1.82, 2.24) is 9.29 Å². The zero-order chi connectivity index (χ0) is 19.4. The van der Waals surface area contributed by atoms with Crippen LogP contribution in [0.25, 0.3) is 0 Å². The third kappa shape index (κ3) is 4.75. The number of carbonyl (C=O) groups is 1. The van der Waals surface area contributed by atoms with E-state index in [0.717, 1.165) is 19.3 Å². The number of ketones is 1. The Labute approximate surface area is 163 Å². The van der Waals surface area contributed by atoms with Crippen molar-refractivity contribution < 1.29 is 17.6 Å². The maximum Gasteiger partial charge on any atom is 0.244 e. The number of benzene rings is 1. The Kier molecular flexibility index (Phi) is 6.29. The Morgan fingerprint density at radius 1 is 1.11 bits per heavy atom. The summed E-state index contributed by atoms with van der Waals surface area (Å²) in [5.41, 5.74) is 0.431. The topological polar surface area (TPSA) is 67.3 Å². The Bertz CT molecular complexity index is 894. The van der Waals surface area contributed by atoms with Crippen molar-refractivity contribution in [1.29, 1.82) is 0 Å². The molecular formula is C19H21FN2O3S2. The first kappa shape index (κ1) is 20.0. The molecule has 1 aliphatic rings. The van der Waals surface area contributed by atoms with E-state index >= 15 is 0 Å². The number of thioether (sulfide) groups is 1. The monoisotopic (exact) mass is 408 g/mol. The van der Waals surface area contributed by atoms with Crippen LogP contribution in [0.1, 0.15) is 36.5 Å². The Morgan fingerprint density at radius 3 is 2.37 bits per heavy atom. The fourth-order valence-corrected chi connectivity index (χ4v) is 5.26. The Morgan fingerprint density at radius 2 is 1.78 bits per heavy atom. The molecule has 1 atom stereocenters. The molecule has 0 aliphatic carbocycles. The highest BCUT2D eigenvalue weighted by Gasteiger charge is 2.26. The molecule has 144 valence electrons. The highest BCUT2D eigenvalue weighted by Crippen LogP contribution is 2.26. The van der Waals surface area contributed by atoms with Crippen LogP contribution in [0, 0.1) is 5.82 Å². The zero-order valence-electron chi connectivity index (χ0n) is 15.0. The smallest absolute Gasteiger partial charge is 0.244 e. The molecule has 1 unspecified atom stereocenters.